The van der Waals surface area contributed by atoms with Crippen LogP contribution < -0.4 is 0 Å². The van der Waals surface area contributed by atoms with Crippen molar-refractivity contribution in [3.8, 4) is 0 Å². The minimum atomic E-state index is -0.899. The van der Waals surface area contributed by atoms with E-state index < -0.39 is 5.97 Å². The van der Waals surface area contributed by atoms with Gasteiger partial charge in [-0.15, -0.1) is 0 Å². The molecule has 0 atom stereocenters. The predicted octanol–water partition coefficient (Wildman–Crippen LogP) is 3.11. The third-order valence-corrected chi connectivity index (χ3v) is 3.62. The number of unbranched alkanes of at least 4 members (excludes halogenated alkanes) is 2. The van der Waals surface area contributed by atoms with Crippen LogP contribution in [0.25, 0.3) is 11.0 Å². The van der Waals surface area contributed by atoms with Gasteiger partial charge in [0, 0.05) is 26.7 Å². The summed E-state index contributed by atoms with van der Waals surface area (Å²) in [4.78, 5) is 16.0. The zero-order chi connectivity index (χ0) is 15.2. The van der Waals surface area contributed by atoms with Crippen molar-refractivity contribution in [2.24, 2.45) is 0 Å². The Morgan fingerprint density at radius 3 is 2.81 bits per heavy atom. The largest absolute Gasteiger partial charge is 0.478 e. The number of benzene rings is 1. The summed E-state index contributed by atoms with van der Waals surface area (Å²) in [5, 5.41) is 9.37. The Balaban J connectivity index is 2.29. The molecule has 2 aromatic rings. The summed E-state index contributed by atoms with van der Waals surface area (Å²) in [6, 6.07) is 5.27. The topological polar surface area (TPSA) is 64.3 Å². The molecule has 1 aromatic carbocycles. The van der Waals surface area contributed by atoms with Gasteiger partial charge in [0.2, 0.25) is 0 Å². The van der Waals surface area contributed by atoms with E-state index in [1.807, 2.05) is 13.0 Å². The Hall–Kier alpha value is -1.88. The quantitative estimate of drug-likeness (QED) is 0.759. The van der Waals surface area contributed by atoms with Gasteiger partial charge in [0.1, 0.15) is 5.82 Å². The van der Waals surface area contributed by atoms with Gasteiger partial charge in [0.05, 0.1) is 16.6 Å². The zero-order valence-corrected chi connectivity index (χ0v) is 12.6. The van der Waals surface area contributed by atoms with Gasteiger partial charge < -0.3 is 14.4 Å². The summed E-state index contributed by atoms with van der Waals surface area (Å²) >= 11 is 0. The molecule has 0 radical (unpaired) electrons. The Kier molecular flexibility index (Phi) is 5.33. The maximum atomic E-state index is 11.4. The first kappa shape index (κ1) is 15.5. The summed E-state index contributed by atoms with van der Waals surface area (Å²) in [6.07, 6.45) is 3.88. The van der Waals surface area contributed by atoms with E-state index in [-0.39, 0.29) is 0 Å². The Bertz CT molecular complexity index is 619. The number of imidazole rings is 1. The van der Waals surface area contributed by atoms with E-state index >= 15 is 0 Å². The number of aromatic carboxylic acids is 1. The van der Waals surface area contributed by atoms with Crippen molar-refractivity contribution in [2.45, 2.75) is 39.2 Å². The van der Waals surface area contributed by atoms with Crippen LogP contribution in [-0.2, 0) is 17.7 Å². The molecule has 1 N–H and O–H groups in total. The maximum Gasteiger partial charge on any atom is 0.337 e. The summed E-state index contributed by atoms with van der Waals surface area (Å²) in [5.74, 6) is 0.0502. The highest BCUT2D eigenvalue weighted by Crippen LogP contribution is 2.22. The van der Waals surface area contributed by atoms with Gasteiger partial charge in [0.25, 0.3) is 0 Å². The zero-order valence-electron chi connectivity index (χ0n) is 12.6. The first-order valence-electron chi connectivity index (χ1n) is 7.39. The first-order valence-corrected chi connectivity index (χ1v) is 7.39. The van der Waals surface area contributed by atoms with Crippen LogP contribution in [0.15, 0.2) is 18.2 Å². The average molecular weight is 290 g/mol. The highest BCUT2D eigenvalue weighted by Gasteiger charge is 2.16. The number of para-hydroxylation sites is 1. The number of carboxylic acid groups (broad SMARTS) is 1. The fourth-order valence-electron chi connectivity index (χ4n) is 2.61. The lowest BCUT2D eigenvalue weighted by molar-refractivity contribution is 0.0698. The molecule has 0 aliphatic rings. The highest BCUT2D eigenvalue weighted by molar-refractivity contribution is 6.01. The molecular weight excluding hydrogens is 268 g/mol. The molecule has 0 fully saturated rings. The van der Waals surface area contributed by atoms with Crippen LogP contribution in [-0.4, -0.2) is 34.3 Å². The molecule has 5 heteroatoms. The van der Waals surface area contributed by atoms with Crippen molar-refractivity contribution in [3.63, 3.8) is 0 Å². The van der Waals surface area contributed by atoms with Crippen LogP contribution in [0, 0.1) is 0 Å². The molecule has 1 aromatic heterocycles. The second-order valence-corrected chi connectivity index (χ2v) is 5.07. The van der Waals surface area contributed by atoms with Crippen molar-refractivity contribution in [1.82, 2.24) is 9.55 Å². The second kappa shape index (κ2) is 7.22. The Morgan fingerprint density at radius 2 is 2.14 bits per heavy atom. The van der Waals surface area contributed by atoms with Gasteiger partial charge in [0.15, 0.2) is 0 Å². The van der Waals surface area contributed by atoms with Crippen LogP contribution in [0.2, 0.25) is 0 Å². The minimum absolute atomic E-state index is 0.330. The van der Waals surface area contributed by atoms with E-state index in [1.165, 1.54) is 0 Å². The van der Waals surface area contributed by atoms with Crippen molar-refractivity contribution < 1.29 is 14.6 Å². The summed E-state index contributed by atoms with van der Waals surface area (Å²) < 4.78 is 7.11. The number of hydrogen-bond acceptors (Lipinski definition) is 3. The molecule has 2 rings (SSSR count). The van der Waals surface area contributed by atoms with Crippen molar-refractivity contribution in [1.29, 1.82) is 0 Å². The van der Waals surface area contributed by atoms with E-state index in [9.17, 15) is 9.90 Å². The van der Waals surface area contributed by atoms with Gasteiger partial charge in [-0.1, -0.05) is 13.0 Å². The third-order valence-electron chi connectivity index (χ3n) is 3.62. The van der Waals surface area contributed by atoms with E-state index in [0.29, 0.717) is 5.56 Å². The molecule has 0 bridgehead atoms. The molecule has 0 saturated heterocycles. The smallest absolute Gasteiger partial charge is 0.337 e. The number of nitrogens with zero attached hydrogens (tertiary/aromatic N) is 2. The Morgan fingerprint density at radius 1 is 1.33 bits per heavy atom. The van der Waals surface area contributed by atoms with E-state index in [4.69, 9.17) is 4.74 Å². The number of hydrogen-bond donors (Lipinski definition) is 1. The van der Waals surface area contributed by atoms with Gasteiger partial charge in [-0.2, -0.15) is 0 Å². The number of aryl methyl sites for hydroxylation is 2. The fraction of sp³-hybridized carbons (Fsp3) is 0.500. The first-order chi connectivity index (χ1) is 10.2. The molecule has 0 aliphatic heterocycles. The predicted molar refractivity (Wildman–Crippen MR) is 81.8 cm³/mol. The molecule has 0 amide bonds. The summed E-state index contributed by atoms with van der Waals surface area (Å²) in [7, 11) is 1.71. The van der Waals surface area contributed by atoms with Gasteiger partial charge in [-0.05, 0) is 31.4 Å². The van der Waals surface area contributed by atoms with Crippen LogP contribution in [0.1, 0.15) is 42.4 Å². The summed E-state index contributed by atoms with van der Waals surface area (Å²) in [5.41, 5.74) is 1.84. The van der Waals surface area contributed by atoms with E-state index in [1.54, 1.807) is 19.2 Å². The molecule has 0 saturated carbocycles. The fourth-order valence-corrected chi connectivity index (χ4v) is 2.61. The van der Waals surface area contributed by atoms with Crippen molar-refractivity contribution in [3.05, 3.63) is 29.6 Å². The number of rotatable bonds is 8. The molecule has 0 aliphatic carbocycles. The summed E-state index contributed by atoms with van der Waals surface area (Å²) in [6.45, 7) is 3.61. The number of carboxylic acids is 1. The molecule has 114 valence electrons. The lowest BCUT2D eigenvalue weighted by Gasteiger charge is -2.09. The maximum absolute atomic E-state index is 11.4. The normalized spacial score (nSPS) is 11.1. The van der Waals surface area contributed by atoms with Crippen LogP contribution >= 0.6 is 0 Å². The van der Waals surface area contributed by atoms with Gasteiger partial charge in [-0.3, -0.25) is 0 Å². The van der Waals surface area contributed by atoms with Crippen molar-refractivity contribution >= 4 is 17.0 Å². The molecular formula is C16H22N2O3. The minimum Gasteiger partial charge on any atom is -0.478 e. The van der Waals surface area contributed by atoms with E-state index in [0.717, 1.165) is 55.7 Å². The lowest BCUT2D eigenvalue weighted by Crippen LogP contribution is -2.07. The highest BCUT2D eigenvalue weighted by atomic mass is 16.5. The van der Waals surface area contributed by atoms with Gasteiger partial charge in [-0.25, -0.2) is 9.78 Å². The number of aromatic nitrogens is 2. The molecule has 0 unspecified atom stereocenters. The number of fused-ring (bicyclic) bond motifs is 1. The molecule has 21 heavy (non-hydrogen) atoms. The number of ether oxygens (including phenoxy) is 1. The van der Waals surface area contributed by atoms with Crippen LogP contribution in [0.3, 0.4) is 0 Å². The molecule has 5 nitrogen and oxygen atoms in total. The lowest BCUT2D eigenvalue weighted by atomic mass is 10.1. The van der Waals surface area contributed by atoms with Gasteiger partial charge >= 0.3 is 5.97 Å². The van der Waals surface area contributed by atoms with Crippen molar-refractivity contribution in [2.75, 3.05) is 13.7 Å². The molecule has 0 spiro atoms. The van der Waals surface area contributed by atoms with E-state index in [2.05, 4.69) is 9.55 Å². The third kappa shape index (κ3) is 3.42. The second-order valence-electron chi connectivity index (χ2n) is 5.07. The monoisotopic (exact) mass is 290 g/mol. The standard InChI is InChI=1S/C16H22N2O3/c1-3-14-17-13-9-7-8-12(16(19)20)15(13)18(14)10-5-4-6-11-21-2/h7-9H,3-6,10-11H2,1-2H3,(H,19,20). The SMILES string of the molecule is CCc1nc2cccc(C(=O)O)c2n1CCCCCOC. The van der Waals surface area contributed by atoms with Crippen LogP contribution in [0.5, 0.6) is 0 Å². The molecule has 1 heterocycles. The Labute approximate surface area is 124 Å². The van der Waals surface area contributed by atoms with Crippen LogP contribution in [0.4, 0.5) is 0 Å². The number of carbonyl (C=O) groups is 1. The number of methoxy groups -OCH3 is 1. The average Bonchev–Trinajstić information content (AvgIpc) is 2.84.